The normalized spacial score (nSPS) is 17.1. The van der Waals surface area contributed by atoms with Crippen molar-refractivity contribution in [2.45, 2.75) is 26.3 Å². The molecule has 2 heterocycles. The van der Waals surface area contributed by atoms with E-state index >= 15 is 0 Å². The van der Waals surface area contributed by atoms with Crippen molar-refractivity contribution in [3.63, 3.8) is 0 Å². The lowest BCUT2D eigenvalue weighted by Gasteiger charge is -2.24. The molecule has 164 valence electrons. The SMILES string of the molecule is Cc1nc(N[C@H](C)c2cccc(C(F)F)c2F)c2cc(P3(=O)CCOCC3)ccc2n1. The Labute approximate surface area is 178 Å². The second kappa shape index (κ2) is 8.60. The molecule has 1 aliphatic heterocycles. The predicted octanol–water partition coefficient (Wildman–Crippen LogP) is 5.21. The van der Waals surface area contributed by atoms with Gasteiger partial charge in [-0.05, 0) is 32.0 Å². The number of alkyl halides is 2. The van der Waals surface area contributed by atoms with E-state index < -0.39 is 31.0 Å². The summed E-state index contributed by atoms with van der Waals surface area (Å²) in [6.45, 7) is 4.34. The predicted molar refractivity (Wildman–Crippen MR) is 115 cm³/mol. The van der Waals surface area contributed by atoms with E-state index in [9.17, 15) is 17.7 Å². The Bertz CT molecular complexity index is 1160. The van der Waals surface area contributed by atoms with Gasteiger partial charge in [-0.2, -0.15) is 0 Å². The minimum absolute atomic E-state index is 0.121. The minimum Gasteiger partial charge on any atom is -0.380 e. The van der Waals surface area contributed by atoms with E-state index in [0.717, 1.165) is 11.4 Å². The third-order valence-corrected chi connectivity index (χ3v) is 8.60. The monoisotopic (exact) mass is 449 g/mol. The van der Waals surface area contributed by atoms with Crippen molar-refractivity contribution in [3.05, 3.63) is 59.2 Å². The summed E-state index contributed by atoms with van der Waals surface area (Å²) < 4.78 is 59.6. The van der Waals surface area contributed by atoms with Gasteiger partial charge in [0.25, 0.3) is 6.43 Å². The Morgan fingerprint density at radius 3 is 2.52 bits per heavy atom. The Hall–Kier alpha value is -2.44. The minimum atomic E-state index is -2.89. The standard InChI is InChI=1S/C22H23F3N3O2P/c1-13(16-4-3-5-17(20(16)23)21(24)25)26-22-18-12-15(31(29)10-8-30-9-11-31)6-7-19(18)27-14(2)28-22/h3-7,12-13,21H,8-11H2,1-2H3,(H,26,27,28)/t13-/m1/s1. The second-order valence-electron chi connectivity index (χ2n) is 7.69. The lowest BCUT2D eigenvalue weighted by Crippen LogP contribution is -2.22. The van der Waals surface area contributed by atoms with Crippen molar-refractivity contribution in [1.29, 1.82) is 0 Å². The molecule has 1 aromatic heterocycles. The molecule has 0 spiro atoms. The van der Waals surface area contributed by atoms with Crippen LogP contribution < -0.4 is 10.6 Å². The Balaban J connectivity index is 1.74. The smallest absolute Gasteiger partial charge is 0.266 e. The first-order valence-electron chi connectivity index (χ1n) is 10.1. The van der Waals surface area contributed by atoms with E-state index in [1.165, 1.54) is 12.1 Å². The highest BCUT2D eigenvalue weighted by atomic mass is 31.2. The van der Waals surface area contributed by atoms with Gasteiger partial charge in [0.05, 0.1) is 30.3 Å². The van der Waals surface area contributed by atoms with Crippen LogP contribution in [0.25, 0.3) is 10.9 Å². The van der Waals surface area contributed by atoms with Gasteiger partial charge in [0, 0.05) is 28.6 Å². The van der Waals surface area contributed by atoms with Gasteiger partial charge in [-0.15, -0.1) is 0 Å². The molecule has 5 nitrogen and oxygen atoms in total. The molecule has 0 bridgehead atoms. The molecule has 4 rings (SSSR count). The molecule has 9 heteroatoms. The van der Waals surface area contributed by atoms with Crippen LogP contribution in [0.3, 0.4) is 0 Å². The van der Waals surface area contributed by atoms with E-state index in [1.54, 1.807) is 13.8 Å². The van der Waals surface area contributed by atoms with E-state index in [1.807, 2.05) is 18.2 Å². The molecule has 0 aliphatic carbocycles. The molecule has 0 saturated carbocycles. The van der Waals surface area contributed by atoms with Crippen LogP contribution in [0.2, 0.25) is 0 Å². The first-order chi connectivity index (χ1) is 14.8. The Morgan fingerprint density at radius 1 is 1.10 bits per heavy atom. The van der Waals surface area contributed by atoms with E-state index in [-0.39, 0.29) is 5.56 Å². The molecule has 3 aromatic rings. The molecule has 1 fully saturated rings. The molecule has 1 N–H and O–H groups in total. The lowest BCUT2D eigenvalue weighted by molar-refractivity contribution is 0.146. The summed E-state index contributed by atoms with van der Waals surface area (Å²) in [5.41, 5.74) is 0.151. The average molecular weight is 449 g/mol. The maximum absolute atomic E-state index is 14.6. The fraction of sp³-hybridized carbons (Fsp3) is 0.364. The number of aromatic nitrogens is 2. The van der Waals surface area contributed by atoms with Crippen molar-refractivity contribution in [1.82, 2.24) is 9.97 Å². The van der Waals surface area contributed by atoms with E-state index in [4.69, 9.17) is 4.74 Å². The summed E-state index contributed by atoms with van der Waals surface area (Å²) in [6.07, 6.45) is -1.93. The van der Waals surface area contributed by atoms with Gasteiger partial charge in [0.2, 0.25) is 0 Å². The lowest BCUT2D eigenvalue weighted by atomic mass is 10.0. The number of hydrogen-bond donors (Lipinski definition) is 1. The fourth-order valence-electron chi connectivity index (χ4n) is 3.85. The van der Waals surface area contributed by atoms with Gasteiger partial charge in [-0.3, -0.25) is 0 Å². The number of benzene rings is 2. The summed E-state index contributed by atoms with van der Waals surface area (Å²) in [5.74, 6) is 0.0212. The summed E-state index contributed by atoms with van der Waals surface area (Å²) >= 11 is 0. The number of nitrogens with zero attached hydrogens (tertiary/aromatic N) is 2. The quantitative estimate of drug-likeness (QED) is 0.542. The molecule has 1 atom stereocenters. The average Bonchev–Trinajstić information content (AvgIpc) is 2.73. The third-order valence-electron chi connectivity index (χ3n) is 5.57. The zero-order valence-corrected chi connectivity index (χ0v) is 18.1. The highest BCUT2D eigenvalue weighted by Crippen LogP contribution is 2.46. The van der Waals surface area contributed by atoms with E-state index in [2.05, 4.69) is 15.3 Å². The number of nitrogens with one attached hydrogen (secondary N) is 1. The first kappa shape index (κ1) is 21.8. The zero-order chi connectivity index (χ0) is 22.2. The molecule has 0 amide bonds. The second-order valence-corrected chi connectivity index (χ2v) is 10.9. The van der Waals surface area contributed by atoms with Crippen LogP contribution in [0.1, 0.15) is 36.3 Å². The van der Waals surface area contributed by atoms with Gasteiger partial charge in [-0.25, -0.2) is 23.1 Å². The molecule has 1 aliphatic rings. The molecular weight excluding hydrogens is 426 g/mol. The van der Waals surface area contributed by atoms with Gasteiger partial charge < -0.3 is 14.6 Å². The van der Waals surface area contributed by atoms with Crippen LogP contribution in [0, 0.1) is 12.7 Å². The number of hydrogen-bond acceptors (Lipinski definition) is 5. The van der Waals surface area contributed by atoms with Crippen molar-refractivity contribution in [2.24, 2.45) is 0 Å². The van der Waals surface area contributed by atoms with Crippen LogP contribution in [0.4, 0.5) is 19.0 Å². The number of rotatable bonds is 5. The molecule has 0 unspecified atom stereocenters. The molecule has 1 saturated heterocycles. The summed E-state index contributed by atoms with van der Waals surface area (Å²) in [5, 5.41) is 4.53. The Kier molecular flexibility index (Phi) is 6.04. The number of aryl methyl sites for hydroxylation is 1. The first-order valence-corrected chi connectivity index (χ1v) is 12.1. The van der Waals surface area contributed by atoms with Crippen LogP contribution >= 0.6 is 7.14 Å². The Morgan fingerprint density at radius 2 is 1.81 bits per heavy atom. The summed E-state index contributed by atoms with van der Waals surface area (Å²) in [7, 11) is -2.57. The number of fused-ring (bicyclic) bond motifs is 1. The number of ether oxygens (including phenoxy) is 1. The van der Waals surface area contributed by atoms with Crippen molar-refractivity contribution in [3.8, 4) is 0 Å². The van der Waals surface area contributed by atoms with Crippen LogP contribution in [-0.4, -0.2) is 35.5 Å². The topological polar surface area (TPSA) is 64.1 Å². The molecule has 2 aromatic carbocycles. The summed E-state index contributed by atoms with van der Waals surface area (Å²) in [6, 6.07) is 8.80. The van der Waals surface area contributed by atoms with Gasteiger partial charge in [0.15, 0.2) is 0 Å². The maximum Gasteiger partial charge on any atom is 0.266 e. The largest absolute Gasteiger partial charge is 0.380 e. The van der Waals surface area contributed by atoms with Crippen LogP contribution in [0.15, 0.2) is 36.4 Å². The van der Waals surface area contributed by atoms with Crippen molar-refractivity contribution < 1.29 is 22.5 Å². The van der Waals surface area contributed by atoms with E-state index in [0.29, 0.717) is 48.1 Å². The fourth-order valence-corrected chi connectivity index (χ4v) is 6.14. The highest BCUT2D eigenvalue weighted by molar-refractivity contribution is 7.71. The van der Waals surface area contributed by atoms with Crippen LogP contribution in [0.5, 0.6) is 0 Å². The highest BCUT2D eigenvalue weighted by Gasteiger charge is 2.28. The summed E-state index contributed by atoms with van der Waals surface area (Å²) in [4.78, 5) is 8.90. The van der Waals surface area contributed by atoms with Crippen molar-refractivity contribution in [2.75, 3.05) is 30.9 Å². The zero-order valence-electron chi connectivity index (χ0n) is 17.2. The van der Waals surface area contributed by atoms with Crippen molar-refractivity contribution >= 4 is 29.2 Å². The van der Waals surface area contributed by atoms with Crippen LogP contribution in [-0.2, 0) is 9.30 Å². The van der Waals surface area contributed by atoms with Gasteiger partial charge >= 0.3 is 0 Å². The maximum atomic E-state index is 14.6. The third kappa shape index (κ3) is 4.32. The number of halogens is 3. The number of anilines is 1. The van der Waals surface area contributed by atoms with Gasteiger partial charge in [0.1, 0.15) is 24.6 Å². The van der Waals surface area contributed by atoms with Gasteiger partial charge in [-0.1, -0.05) is 18.2 Å². The molecule has 31 heavy (non-hydrogen) atoms. The molecule has 0 radical (unpaired) electrons. The molecular formula is C22H23F3N3O2P.